The molecule has 0 aromatic rings. The highest BCUT2D eigenvalue weighted by atomic mass is 16.1. The molecule has 0 atom stereocenters. The lowest BCUT2D eigenvalue weighted by Crippen LogP contribution is -2.26. The highest BCUT2D eigenvalue weighted by Gasteiger charge is 2.11. The van der Waals surface area contributed by atoms with Gasteiger partial charge in [-0.05, 0) is 31.5 Å². The summed E-state index contributed by atoms with van der Waals surface area (Å²) in [4.78, 5) is 10.8. The third-order valence-corrected chi connectivity index (χ3v) is 2.45. The van der Waals surface area contributed by atoms with E-state index in [-0.39, 0.29) is 5.57 Å². The van der Waals surface area contributed by atoms with Gasteiger partial charge in [0.15, 0.2) is 0 Å². The zero-order chi connectivity index (χ0) is 11.4. The van der Waals surface area contributed by atoms with Gasteiger partial charge in [-0.25, -0.2) is 0 Å². The van der Waals surface area contributed by atoms with Crippen molar-refractivity contribution < 1.29 is 4.79 Å². The molecule has 0 bridgehead atoms. The van der Waals surface area contributed by atoms with Crippen molar-refractivity contribution >= 4 is 5.91 Å². The minimum atomic E-state index is -0.537. The van der Waals surface area contributed by atoms with E-state index in [2.05, 4.69) is 11.9 Å². The highest BCUT2D eigenvalue weighted by molar-refractivity contribution is 5.94. The van der Waals surface area contributed by atoms with Crippen LogP contribution in [0.25, 0.3) is 0 Å². The molecule has 0 fully saturated rings. The fourth-order valence-corrected chi connectivity index (χ4v) is 1.55. The molecule has 82 valence electrons. The molecule has 1 rings (SSSR count). The van der Waals surface area contributed by atoms with Crippen LogP contribution < -0.4 is 16.8 Å². The van der Waals surface area contributed by atoms with Gasteiger partial charge >= 0.3 is 0 Å². The Balaban J connectivity index is 2.88. The van der Waals surface area contributed by atoms with Crippen LogP contribution in [-0.4, -0.2) is 19.0 Å². The average molecular weight is 207 g/mol. The summed E-state index contributed by atoms with van der Waals surface area (Å²) in [5.41, 5.74) is 14.1. The normalized spacial score (nSPS) is 17.8. The number of nitrogens with one attached hydrogen (secondary N) is 1. The highest BCUT2D eigenvalue weighted by Crippen LogP contribution is 2.18. The molecule has 15 heavy (non-hydrogen) atoms. The SMILES string of the molecule is C=C(/C=C(/N)C1=C(C)CNCC1)C(N)=O. The molecule has 4 nitrogen and oxygen atoms in total. The van der Waals surface area contributed by atoms with E-state index in [1.54, 1.807) is 6.08 Å². The van der Waals surface area contributed by atoms with Crippen LogP contribution in [0.2, 0.25) is 0 Å². The Morgan fingerprint density at radius 1 is 1.53 bits per heavy atom. The molecule has 0 saturated carbocycles. The van der Waals surface area contributed by atoms with Gasteiger partial charge in [0, 0.05) is 17.8 Å². The van der Waals surface area contributed by atoms with E-state index in [0.29, 0.717) is 5.70 Å². The van der Waals surface area contributed by atoms with Crippen molar-refractivity contribution in [2.24, 2.45) is 11.5 Å². The standard InChI is InChI=1S/C11H17N3O/c1-7(11(13)15)5-10(12)9-3-4-14-6-8(9)2/h5,14H,1,3-4,6,12H2,2H3,(H2,13,15)/b10-5+. The maximum Gasteiger partial charge on any atom is 0.248 e. The zero-order valence-corrected chi connectivity index (χ0v) is 8.97. The van der Waals surface area contributed by atoms with Crippen LogP contribution in [0, 0.1) is 0 Å². The Morgan fingerprint density at radius 3 is 2.73 bits per heavy atom. The maximum absolute atomic E-state index is 10.8. The van der Waals surface area contributed by atoms with E-state index in [4.69, 9.17) is 11.5 Å². The van der Waals surface area contributed by atoms with Gasteiger partial charge in [0.1, 0.15) is 0 Å². The predicted octanol–water partition coefficient (Wildman–Crippen LogP) is 0.180. The lowest BCUT2D eigenvalue weighted by molar-refractivity contribution is -0.114. The first-order valence-electron chi connectivity index (χ1n) is 4.88. The average Bonchev–Trinajstić information content (AvgIpc) is 2.18. The number of carbonyl (C=O) groups excluding carboxylic acids is 1. The Hall–Kier alpha value is -1.55. The van der Waals surface area contributed by atoms with Crippen molar-refractivity contribution in [3.63, 3.8) is 0 Å². The summed E-state index contributed by atoms with van der Waals surface area (Å²) in [5, 5.41) is 3.24. The third-order valence-electron chi connectivity index (χ3n) is 2.45. The van der Waals surface area contributed by atoms with E-state index in [1.165, 1.54) is 5.57 Å². The van der Waals surface area contributed by atoms with E-state index < -0.39 is 5.91 Å². The van der Waals surface area contributed by atoms with E-state index in [0.717, 1.165) is 25.1 Å². The molecular formula is C11H17N3O. The lowest BCUT2D eigenvalue weighted by atomic mass is 9.98. The first-order valence-corrected chi connectivity index (χ1v) is 4.88. The summed E-state index contributed by atoms with van der Waals surface area (Å²) < 4.78 is 0. The van der Waals surface area contributed by atoms with Crippen LogP contribution in [0.5, 0.6) is 0 Å². The number of allylic oxidation sites excluding steroid dienone is 1. The second kappa shape index (κ2) is 4.79. The van der Waals surface area contributed by atoms with Crippen molar-refractivity contribution in [2.75, 3.05) is 13.1 Å². The Kier molecular flexibility index (Phi) is 3.68. The molecule has 4 heteroatoms. The van der Waals surface area contributed by atoms with Gasteiger partial charge in [0.05, 0.1) is 0 Å². The van der Waals surface area contributed by atoms with Crippen LogP contribution in [-0.2, 0) is 4.79 Å². The topological polar surface area (TPSA) is 81.1 Å². The van der Waals surface area contributed by atoms with E-state index in [9.17, 15) is 4.79 Å². The van der Waals surface area contributed by atoms with Crippen molar-refractivity contribution in [1.82, 2.24) is 5.32 Å². The first kappa shape index (κ1) is 11.5. The minimum absolute atomic E-state index is 0.242. The number of amides is 1. The molecule has 0 aromatic carbocycles. The van der Waals surface area contributed by atoms with Gasteiger partial charge in [-0.1, -0.05) is 12.2 Å². The second-order valence-corrected chi connectivity index (χ2v) is 3.67. The van der Waals surface area contributed by atoms with Gasteiger partial charge in [-0.15, -0.1) is 0 Å². The molecule has 1 aliphatic rings. The van der Waals surface area contributed by atoms with Gasteiger partial charge in [-0.2, -0.15) is 0 Å². The quantitative estimate of drug-likeness (QED) is 0.456. The number of hydrogen-bond acceptors (Lipinski definition) is 3. The van der Waals surface area contributed by atoms with Crippen molar-refractivity contribution in [3.05, 3.63) is 35.1 Å². The van der Waals surface area contributed by atoms with E-state index >= 15 is 0 Å². The molecule has 0 aromatic heterocycles. The van der Waals surface area contributed by atoms with Crippen LogP contribution in [0.4, 0.5) is 0 Å². The monoisotopic (exact) mass is 207 g/mol. The van der Waals surface area contributed by atoms with Gasteiger partial charge in [-0.3, -0.25) is 4.79 Å². The maximum atomic E-state index is 10.8. The lowest BCUT2D eigenvalue weighted by Gasteiger charge is -2.19. The van der Waals surface area contributed by atoms with Crippen LogP contribution in [0.1, 0.15) is 13.3 Å². The summed E-state index contributed by atoms with van der Waals surface area (Å²) in [6.07, 6.45) is 2.42. The molecule has 0 unspecified atom stereocenters. The van der Waals surface area contributed by atoms with Crippen LogP contribution >= 0.6 is 0 Å². The van der Waals surface area contributed by atoms with Gasteiger partial charge in [0.25, 0.3) is 0 Å². The molecular weight excluding hydrogens is 190 g/mol. The molecule has 1 amide bonds. The number of nitrogens with two attached hydrogens (primary N) is 2. The van der Waals surface area contributed by atoms with Gasteiger partial charge in [0.2, 0.25) is 5.91 Å². The zero-order valence-electron chi connectivity index (χ0n) is 8.97. The smallest absolute Gasteiger partial charge is 0.248 e. The number of hydrogen-bond donors (Lipinski definition) is 3. The summed E-state index contributed by atoms with van der Waals surface area (Å²) in [6, 6.07) is 0. The summed E-state index contributed by atoms with van der Waals surface area (Å²) in [7, 11) is 0. The van der Waals surface area contributed by atoms with Crippen LogP contribution in [0.15, 0.2) is 35.1 Å². The second-order valence-electron chi connectivity index (χ2n) is 3.67. The molecule has 1 heterocycles. The van der Waals surface area contributed by atoms with Crippen molar-refractivity contribution in [2.45, 2.75) is 13.3 Å². The molecule has 5 N–H and O–H groups in total. The Labute approximate surface area is 89.7 Å². The molecule has 0 spiro atoms. The molecule has 0 saturated heterocycles. The summed E-state index contributed by atoms with van der Waals surface area (Å²) in [5.74, 6) is -0.537. The third kappa shape index (κ3) is 2.95. The molecule has 0 aliphatic carbocycles. The number of carbonyl (C=O) groups is 1. The van der Waals surface area contributed by atoms with Crippen LogP contribution in [0.3, 0.4) is 0 Å². The molecule has 0 radical (unpaired) electrons. The van der Waals surface area contributed by atoms with Crippen molar-refractivity contribution in [1.29, 1.82) is 0 Å². The van der Waals surface area contributed by atoms with Crippen molar-refractivity contribution in [3.8, 4) is 0 Å². The largest absolute Gasteiger partial charge is 0.398 e. The van der Waals surface area contributed by atoms with E-state index in [1.807, 2.05) is 6.92 Å². The number of rotatable bonds is 3. The summed E-state index contributed by atoms with van der Waals surface area (Å²) >= 11 is 0. The Bertz CT molecular complexity index is 353. The first-order chi connectivity index (χ1) is 7.02. The minimum Gasteiger partial charge on any atom is -0.398 e. The fraction of sp³-hybridized carbons (Fsp3) is 0.364. The molecule has 1 aliphatic heterocycles. The van der Waals surface area contributed by atoms with Gasteiger partial charge < -0.3 is 16.8 Å². The predicted molar refractivity (Wildman–Crippen MR) is 60.8 cm³/mol. The Morgan fingerprint density at radius 2 is 2.20 bits per heavy atom. The number of primary amides is 1. The fourth-order valence-electron chi connectivity index (χ4n) is 1.55. The summed E-state index contributed by atoms with van der Waals surface area (Å²) in [6.45, 7) is 7.32.